The van der Waals surface area contributed by atoms with E-state index in [1.165, 1.54) is 19.8 Å². The fraction of sp³-hybridized carbons (Fsp3) is 0.750. The Kier molecular flexibility index (Phi) is 1.73. The molecule has 2 heteroatoms. The third kappa shape index (κ3) is 1.06. The Morgan fingerprint density at radius 2 is 2.21 bits per heavy atom. The van der Waals surface area contributed by atoms with Gasteiger partial charge in [0.2, 0.25) is 0 Å². The highest BCUT2D eigenvalue weighted by atomic mass is 16.5. The van der Waals surface area contributed by atoms with Crippen LogP contribution in [-0.4, -0.2) is 12.1 Å². The summed E-state index contributed by atoms with van der Waals surface area (Å²) in [6.07, 6.45) is 8.54. The van der Waals surface area contributed by atoms with E-state index in [0.717, 1.165) is 24.2 Å². The third-order valence-corrected chi connectivity index (χ3v) is 4.26. The first-order valence-corrected chi connectivity index (χ1v) is 5.59. The quantitative estimate of drug-likeness (QED) is 0.470. The molecule has 14 heavy (non-hydrogen) atoms. The van der Waals surface area contributed by atoms with E-state index in [1.807, 2.05) is 0 Å². The van der Waals surface area contributed by atoms with Gasteiger partial charge in [0.15, 0.2) is 0 Å². The van der Waals surface area contributed by atoms with Crippen LogP contribution in [0.25, 0.3) is 0 Å². The molecule has 0 saturated heterocycles. The van der Waals surface area contributed by atoms with Crippen LogP contribution in [-0.2, 0) is 9.53 Å². The van der Waals surface area contributed by atoms with E-state index in [2.05, 4.69) is 12.2 Å². The summed E-state index contributed by atoms with van der Waals surface area (Å²) in [5.74, 6) is 2.95. The van der Waals surface area contributed by atoms with Crippen LogP contribution in [0.1, 0.15) is 26.2 Å². The lowest BCUT2D eigenvalue weighted by molar-refractivity contribution is -0.150. The molecule has 0 heterocycles. The van der Waals surface area contributed by atoms with Crippen LogP contribution in [0.15, 0.2) is 12.2 Å². The molecule has 2 saturated carbocycles. The second kappa shape index (κ2) is 2.85. The third-order valence-electron chi connectivity index (χ3n) is 4.26. The molecule has 2 nitrogen and oxygen atoms in total. The van der Waals surface area contributed by atoms with Gasteiger partial charge in [0, 0.05) is 6.92 Å². The lowest BCUT2D eigenvalue weighted by atomic mass is 9.80. The van der Waals surface area contributed by atoms with Gasteiger partial charge in [-0.1, -0.05) is 12.2 Å². The van der Waals surface area contributed by atoms with Crippen LogP contribution in [0, 0.1) is 23.7 Å². The van der Waals surface area contributed by atoms with Crippen molar-refractivity contribution >= 4 is 5.97 Å². The van der Waals surface area contributed by atoms with Crippen molar-refractivity contribution in [1.82, 2.24) is 0 Å². The van der Waals surface area contributed by atoms with Crippen molar-refractivity contribution in [3.05, 3.63) is 12.2 Å². The van der Waals surface area contributed by atoms with Crippen molar-refractivity contribution in [2.75, 3.05) is 0 Å². The second-order valence-electron chi connectivity index (χ2n) is 4.95. The summed E-state index contributed by atoms with van der Waals surface area (Å²) < 4.78 is 5.39. The smallest absolute Gasteiger partial charge is 0.302 e. The van der Waals surface area contributed by atoms with E-state index < -0.39 is 0 Å². The fourth-order valence-corrected chi connectivity index (χ4v) is 3.84. The topological polar surface area (TPSA) is 26.3 Å². The number of esters is 1. The largest absolute Gasteiger partial charge is 0.462 e. The van der Waals surface area contributed by atoms with E-state index in [1.54, 1.807) is 0 Å². The number of carbonyl (C=O) groups is 1. The van der Waals surface area contributed by atoms with Gasteiger partial charge in [-0.15, -0.1) is 0 Å². The number of ether oxygens (including phenoxy) is 1. The second-order valence-corrected chi connectivity index (χ2v) is 4.95. The number of carbonyl (C=O) groups excluding carboxylic acids is 1. The minimum atomic E-state index is -0.106. The first-order chi connectivity index (χ1) is 6.75. The molecule has 2 fully saturated rings. The molecule has 2 unspecified atom stereocenters. The van der Waals surface area contributed by atoms with Gasteiger partial charge in [-0.25, -0.2) is 0 Å². The zero-order valence-electron chi connectivity index (χ0n) is 8.48. The normalized spacial score (nSPS) is 48.2. The molecule has 0 aromatic carbocycles. The van der Waals surface area contributed by atoms with Gasteiger partial charge >= 0.3 is 5.97 Å². The Morgan fingerprint density at radius 3 is 3.00 bits per heavy atom. The lowest BCUT2D eigenvalue weighted by Gasteiger charge is -2.30. The summed E-state index contributed by atoms with van der Waals surface area (Å²) in [6, 6.07) is 0. The van der Waals surface area contributed by atoms with Crippen molar-refractivity contribution in [3.63, 3.8) is 0 Å². The van der Waals surface area contributed by atoms with Crippen LogP contribution >= 0.6 is 0 Å². The minimum absolute atomic E-state index is 0.106. The molecule has 0 aliphatic heterocycles. The Bertz CT molecular complexity index is 295. The molecule has 0 N–H and O–H groups in total. The number of hydrogen-bond donors (Lipinski definition) is 0. The average molecular weight is 192 g/mol. The molecule has 3 aliphatic rings. The molecule has 0 spiro atoms. The monoisotopic (exact) mass is 192 g/mol. The average Bonchev–Trinajstić information content (AvgIpc) is 2.68. The van der Waals surface area contributed by atoms with Crippen molar-refractivity contribution in [3.8, 4) is 0 Å². The number of hydrogen-bond acceptors (Lipinski definition) is 2. The van der Waals surface area contributed by atoms with Crippen LogP contribution in [0.4, 0.5) is 0 Å². The fourth-order valence-electron chi connectivity index (χ4n) is 3.84. The zero-order valence-corrected chi connectivity index (χ0v) is 8.48. The van der Waals surface area contributed by atoms with Gasteiger partial charge in [-0.3, -0.25) is 4.79 Å². The Hall–Kier alpha value is -0.790. The van der Waals surface area contributed by atoms with Crippen molar-refractivity contribution < 1.29 is 9.53 Å². The first-order valence-electron chi connectivity index (χ1n) is 5.59. The first kappa shape index (κ1) is 8.51. The van der Waals surface area contributed by atoms with Crippen molar-refractivity contribution in [2.45, 2.75) is 32.3 Å². The summed E-state index contributed by atoms with van der Waals surface area (Å²) in [5, 5.41) is 0. The predicted molar refractivity (Wildman–Crippen MR) is 52.5 cm³/mol. The molecular formula is C12H16O2. The Labute approximate surface area is 84.3 Å². The molecule has 0 aromatic heterocycles. The van der Waals surface area contributed by atoms with E-state index in [4.69, 9.17) is 4.74 Å². The van der Waals surface area contributed by atoms with Gasteiger partial charge in [-0.05, 0) is 42.9 Å². The number of allylic oxidation sites excluding steroid dienone is 2. The standard InChI is InChI=1S/C12H16O2/c1-7(13)14-12-6-8-5-11(12)10-4-2-3-9(8)10/h2-3,8-12H,4-6H2,1H3/t8?,9-,10-,11?,12+/m0/s1. The van der Waals surface area contributed by atoms with Gasteiger partial charge < -0.3 is 4.74 Å². The van der Waals surface area contributed by atoms with Gasteiger partial charge in [0.05, 0.1) is 0 Å². The Morgan fingerprint density at radius 1 is 1.36 bits per heavy atom. The molecule has 5 atom stereocenters. The van der Waals surface area contributed by atoms with Crippen molar-refractivity contribution in [2.24, 2.45) is 23.7 Å². The zero-order chi connectivity index (χ0) is 9.71. The van der Waals surface area contributed by atoms with Crippen LogP contribution in [0.2, 0.25) is 0 Å². The Balaban J connectivity index is 1.75. The van der Waals surface area contributed by atoms with Gasteiger partial charge in [-0.2, -0.15) is 0 Å². The highest BCUT2D eigenvalue weighted by Gasteiger charge is 2.53. The van der Waals surface area contributed by atoms with Gasteiger partial charge in [0.1, 0.15) is 6.10 Å². The molecule has 0 aromatic rings. The summed E-state index contributed by atoms with van der Waals surface area (Å²) in [7, 11) is 0. The predicted octanol–water partition coefficient (Wildman–Crippen LogP) is 2.15. The van der Waals surface area contributed by atoms with E-state index in [9.17, 15) is 4.79 Å². The van der Waals surface area contributed by atoms with Crippen LogP contribution < -0.4 is 0 Å². The summed E-state index contributed by atoms with van der Waals surface area (Å²) in [5.41, 5.74) is 0. The van der Waals surface area contributed by atoms with Crippen LogP contribution in [0.5, 0.6) is 0 Å². The number of rotatable bonds is 1. The molecule has 2 bridgehead atoms. The summed E-state index contributed by atoms with van der Waals surface area (Å²) >= 11 is 0. The summed E-state index contributed by atoms with van der Waals surface area (Å²) in [6.45, 7) is 1.52. The highest BCUT2D eigenvalue weighted by molar-refractivity contribution is 5.66. The van der Waals surface area contributed by atoms with Gasteiger partial charge in [0.25, 0.3) is 0 Å². The summed E-state index contributed by atoms with van der Waals surface area (Å²) in [4.78, 5) is 10.9. The van der Waals surface area contributed by atoms with E-state index in [0.29, 0.717) is 5.92 Å². The molecule has 0 amide bonds. The molecule has 3 aliphatic carbocycles. The lowest BCUT2D eigenvalue weighted by Crippen LogP contribution is -2.31. The molecule has 76 valence electrons. The maximum Gasteiger partial charge on any atom is 0.302 e. The molecular weight excluding hydrogens is 176 g/mol. The molecule has 0 radical (unpaired) electrons. The van der Waals surface area contributed by atoms with E-state index >= 15 is 0 Å². The van der Waals surface area contributed by atoms with Crippen LogP contribution in [0.3, 0.4) is 0 Å². The number of fused-ring (bicyclic) bond motifs is 5. The maximum atomic E-state index is 10.9. The highest BCUT2D eigenvalue weighted by Crippen LogP contribution is 2.57. The van der Waals surface area contributed by atoms with Crippen molar-refractivity contribution in [1.29, 1.82) is 0 Å². The molecule has 3 rings (SSSR count). The minimum Gasteiger partial charge on any atom is -0.462 e. The maximum absolute atomic E-state index is 10.9. The van der Waals surface area contributed by atoms with E-state index in [-0.39, 0.29) is 12.1 Å². The SMILES string of the molecule is CC(=O)O[C@@H]1CC2CC1[C@H]1CC=C[C@@H]21.